The van der Waals surface area contributed by atoms with E-state index in [9.17, 15) is 4.79 Å². The summed E-state index contributed by atoms with van der Waals surface area (Å²) in [7, 11) is 0. The molecule has 0 bridgehead atoms. The largest absolute Gasteiger partial charge is 0.488 e. The van der Waals surface area contributed by atoms with Gasteiger partial charge in [-0.1, -0.05) is 16.7 Å². The number of benzene rings is 1. The molecule has 1 aromatic carbocycles. The maximum atomic E-state index is 10.4. The standard InChI is InChI=1S/C12H13ClN2O3/c1-6-5-9(14-15-12(16)17)11-8(10(6)13)4-3-7(2)18-11/h5,7H,3-4H2,1-2H3,(H,16,17)/b15-14+. The number of halogens is 1. The van der Waals surface area contributed by atoms with Gasteiger partial charge in [0.2, 0.25) is 0 Å². The molecule has 6 heteroatoms. The molecule has 0 aliphatic carbocycles. The number of carbonyl (C=O) groups is 1. The normalized spacial score (nSPS) is 18.5. The van der Waals surface area contributed by atoms with Crippen LogP contribution in [0.4, 0.5) is 10.5 Å². The molecule has 0 saturated heterocycles. The van der Waals surface area contributed by atoms with Gasteiger partial charge in [0, 0.05) is 5.56 Å². The number of fused-ring (bicyclic) bond motifs is 1. The molecule has 1 aromatic rings. The number of ether oxygens (including phenoxy) is 1. The van der Waals surface area contributed by atoms with Crippen molar-refractivity contribution in [3.8, 4) is 5.75 Å². The van der Waals surface area contributed by atoms with Gasteiger partial charge in [-0.3, -0.25) is 0 Å². The second kappa shape index (κ2) is 4.94. The lowest BCUT2D eigenvalue weighted by Gasteiger charge is -2.25. The molecule has 1 N–H and O–H groups in total. The molecule has 0 aromatic heterocycles. The zero-order valence-corrected chi connectivity index (χ0v) is 10.9. The molecule has 96 valence electrons. The van der Waals surface area contributed by atoms with Crippen LogP contribution in [0.2, 0.25) is 5.02 Å². The predicted molar refractivity (Wildman–Crippen MR) is 67.1 cm³/mol. The van der Waals surface area contributed by atoms with E-state index in [0.29, 0.717) is 16.5 Å². The lowest BCUT2D eigenvalue weighted by Crippen LogP contribution is -2.19. The van der Waals surface area contributed by atoms with Crippen molar-refractivity contribution in [2.24, 2.45) is 10.2 Å². The van der Waals surface area contributed by atoms with Crippen molar-refractivity contribution in [3.05, 3.63) is 22.2 Å². The average Bonchev–Trinajstić information content (AvgIpc) is 2.31. The summed E-state index contributed by atoms with van der Waals surface area (Å²) in [5.41, 5.74) is 2.14. The molecule has 1 unspecified atom stereocenters. The summed E-state index contributed by atoms with van der Waals surface area (Å²) in [6.07, 6.45) is 0.411. The van der Waals surface area contributed by atoms with E-state index in [1.54, 1.807) is 6.07 Å². The fourth-order valence-electron chi connectivity index (χ4n) is 1.96. The lowest BCUT2D eigenvalue weighted by molar-refractivity contribution is 0.193. The Kier molecular flexibility index (Phi) is 3.52. The first-order valence-corrected chi connectivity index (χ1v) is 6.00. The highest BCUT2D eigenvalue weighted by Crippen LogP contribution is 2.42. The van der Waals surface area contributed by atoms with E-state index in [1.807, 2.05) is 13.8 Å². The Morgan fingerprint density at radius 2 is 2.33 bits per heavy atom. The number of hydrogen-bond acceptors (Lipinski definition) is 3. The van der Waals surface area contributed by atoms with Crippen LogP contribution in [0.3, 0.4) is 0 Å². The van der Waals surface area contributed by atoms with Gasteiger partial charge in [-0.15, -0.1) is 5.11 Å². The van der Waals surface area contributed by atoms with Crippen molar-refractivity contribution in [2.45, 2.75) is 32.8 Å². The van der Waals surface area contributed by atoms with Crippen LogP contribution in [0, 0.1) is 6.92 Å². The van der Waals surface area contributed by atoms with E-state index in [4.69, 9.17) is 21.4 Å². The number of nitrogens with zero attached hydrogens (tertiary/aromatic N) is 2. The zero-order chi connectivity index (χ0) is 13.3. The summed E-state index contributed by atoms with van der Waals surface area (Å²) in [4.78, 5) is 10.4. The van der Waals surface area contributed by atoms with Gasteiger partial charge in [0.25, 0.3) is 0 Å². The Bertz CT molecular complexity index is 529. The molecule has 0 saturated carbocycles. The minimum Gasteiger partial charge on any atom is -0.488 e. The first kappa shape index (κ1) is 12.8. The number of rotatable bonds is 1. The molecule has 1 aliphatic heterocycles. The highest BCUT2D eigenvalue weighted by atomic mass is 35.5. The van der Waals surface area contributed by atoms with E-state index >= 15 is 0 Å². The number of amides is 1. The van der Waals surface area contributed by atoms with Crippen LogP contribution in [0.1, 0.15) is 24.5 Å². The highest BCUT2D eigenvalue weighted by Gasteiger charge is 2.23. The smallest absolute Gasteiger partial charge is 0.449 e. The zero-order valence-electron chi connectivity index (χ0n) is 10.1. The van der Waals surface area contributed by atoms with E-state index < -0.39 is 6.09 Å². The monoisotopic (exact) mass is 268 g/mol. The van der Waals surface area contributed by atoms with Crippen LogP contribution < -0.4 is 4.74 Å². The molecule has 1 atom stereocenters. The summed E-state index contributed by atoms with van der Waals surface area (Å²) in [6, 6.07) is 1.69. The molecule has 1 aliphatic rings. The Balaban J connectivity index is 2.52. The van der Waals surface area contributed by atoms with Crippen LogP contribution in [-0.4, -0.2) is 17.3 Å². The average molecular weight is 269 g/mol. The van der Waals surface area contributed by atoms with Crippen molar-refractivity contribution in [3.63, 3.8) is 0 Å². The van der Waals surface area contributed by atoms with Crippen molar-refractivity contribution in [2.75, 3.05) is 0 Å². The minimum absolute atomic E-state index is 0.0649. The number of carboxylic acid groups (broad SMARTS) is 1. The quantitative estimate of drug-likeness (QED) is 0.779. The third-order valence-electron chi connectivity index (χ3n) is 2.83. The topological polar surface area (TPSA) is 71.2 Å². The summed E-state index contributed by atoms with van der Waals surface area (Å²) in [5.74, 6) is 0.550. The molecule has 0 fully saturated rings. The van der Waals surface area contributed by atoms with Gasteiger partial charge >= 0.3 is 6.09 Å². The van der Waals surface area contributed by atoms with Crippen molar-refractivity contribution in [1.29, 1.82) is 0 Å². The maximum absolute atomic E-state index is 10.4. The first-order valence-electron chi connectivity index (χ1n) is 5.62. The van der Waals surface area contributed by atoms with Crippen LogP contribution in [0.5, 0.6) is 5.75 Å². The SMILES string of the molecule is Cc1cc(/N=N/C(=O)O)c2c(c1Cl)CCC(C)O2. The highest BCUT2D eigenvalue weighted by molar-refractivity contribution is 6.32. The molecule has 1 amide bonds. The Morgan fingerprint density at radius 3 is 3.00 bits per heavy atom. The van der Waals surface area contributed by atoms with E-state index in [1.165, 1.54) is 0 Å². The fourth-order valence-corrected chi connectivity index (χ4v) is 2.19. The number of azo groups is 1. The molecular formula is C12H13ClN2O3. The van der Waals surface area contributed by atoms with Gasteiger partial charge < -0.3 is 9.84 Å². The molecular weight excluding hydrogens is 256 g/mol. The third kappa shape index (κ3) is 2.46. The van der Waals surface area contributed by atoms with E-state index in [0.717, 1.165) is 24.0 Å². The molecule has 18 heavy (non-hydrogen) atoms. The van der Waals surface area contributed by atoms with Crippen molar-refractivity contribution < 1.29 is 14.6 Å². The van der Waals surface area contributed by atoms with Gasteiger partial charge in [0.1, 0.15) is 5.69 Å². The molecule has 0 spiro atoms. The predicted octanol–water partition coefficient (Wildman–Crippen LogP) is 4.12. The molecule has 0 radical (unpaired) electrons. The molecule has 1 heterocycles. The van der Waals surface area contributed by atoms with Crippen LogP contribution in [0.15, 0.2) is 16.3 Å². The fraction of sp³-hybridized carbons (Fsp3) is 0.417. The number of hydrogen-bond donors (Lipinski definition) is 1. The van der Waals surface area contributed by atoms with E-state index in [2.05, 4.69) is 10.2 Å². The summed E-state index contributed by atoms with van der Waals surface area (Å²) >= 11 is 6.22. The Labute approximate surface area is 109 Å². The van der Waals surface area contributed by atoms with Crippen molar-refractivity contribution in [1.82, 2.24) is 0 Å². The first-order chi connectivity index (χ1) is 8.49. The van der Waals surface area contributed by atoms with Crippen LogP contribution in [0.25, 0.3) is 0 Å². The summed E-state index contributed by atoms with van der Waals surface area (Å²) in [5, 5.41) is 16.0. The van der Waals surface area contributed by atoms with E-state index in [-0.39, 0.29) is 6.10 Å². The van der Waals surface area contributed by atoms with Gasteiger partial charge in [0.15, 0.2) is 5.75 Å². The van der Waals surface area contributed by atoms with Gasteiger partial charge in [-0.05, 0) is 38.3 Å². The van der Waals surface area contributed by atoms with Crippen LogP contribution in [-0.2, 0) is 6.42 Å². The van der Waals surface area contributed by atoms with Crippen molar-refractivity contribution >= 4 is 23.4 Å². The summed E-state index contributed by atoms with van der Waals surface area (Å²) < 4.78 is 5.70. The second-order valence-corrected chi connectivity index (χ2v) is 4.66. The minimum atomic E-state index is -1.33. The Hall–Kier alpha value is -1.62. The molecule has 5 nitrogen and oxygen atoms in total. The third-order valence-corrected chi connectivity index (χ3v) is 3.36. The van der Waals surface area contributed by atoms with Gasteiger partial charge in [0.05, 0.1) is 11.1 Å². The van der Waals surface area contributed by atoms with Gasteiger partial charge in [-0.2, -0.15) is 0 Å². The Morgan fingerprint density at radius 1 is 1.61 bits per heavy atom. The molecule has 2 rings (SSSR count). The summed E-state index contributed by atoms with van der Waals surface area (Å²) in [6.45, 7) is 3.80. The lowest BCUT2D eigenvalue weighted by atomic mass is 9.99. The van der Waals surface area contributed by atoms with Gasteiger partial charge in [-0.25, -0.2) is 4.79 Å². The number of aryl methyl sites for hydroxylation is 1. The maximum Gasteiger partial charge on any atom is 0.449 e. The van der Waals surface area contributed by atoms with Crippen LogP contribution >= 0.6 is 11.6 Å². The second-order valence-electron chi connectivity index (χ2n) is 4.28.